The number of hydrogen-bond acceptors (Lipinski definition) is 5. The normalized spacial score (nSPS) is 18.6. The first-order chi connectivity index (χ1) is 18.3. The van der Waals surface area contributed by atoms with E-state index in [1.54, 1.807) is 36.4 Å². The summed E-state index contributed by atoms with van der Waals surface area (Å²) in [6.45, 7) is 3.98. The number of aliphatic hydroxyl groups is 1. The van der Waals surface area contributed by atoms with Crippen molar-refractivity contribution < 1.29 is 23.1 Å². The van der Waals surface area contributed by atoms with Crippen molar-refractivity contribution in [1.29, 1.82) is 0 Å². The zero-order chi connectivity index (χ0) is 27.2. The van der Waals surface area contributed by atoms with Crippen LogP contribution < -0.4 is 4.72 Å². The Balaban J connectivity index is 1.59. The van der Waals surface area contributed by atoms with Crippen LogP contribution in [0.4, 0.5) is 5.69 Å². The fourth-order valence-electron chi connectivity index (χ4n) is 5.26. The molecule has 0 saturated heterocycles. The number of ether oxygens (including phenoxy) is 1. The predicted octanol–water partition coefficient (Wildman–Crippen LogP) is 6.91. The molecule has 1 aliphatic heterocycles. The molecule has 38 heavy (non-hydrogen) atoms. The van der Waals surface area contributed by atoms with Crippen LogP contribution in [0.3, 0.4) is 0 Å². The maximum absolute atomic E-state index is 13.4. The molecule has 0 fully saturated rings. The van der Waals surface area contributed by atoms with Gasteiger partial charge in [-0.2, -0.15) is 0 Å². The Hall–Kier alpha value is -3.58. The number of sulfonamides is 1. The molecule has 0 aromatic heterocycles. The van der Waals surface area contributed by atoms with E-state index in [4.69, 9.17) is 4.74 Å². The number of cyclic esters (lactones) is 1. The summed E-state index contributed by atoms with van der Waals surface area (Å²) in [5, 5.41) is 11.2. The third-order valence-corrected chi connectivity index (χ3v) is 8.50. The van der Waals surface area contributed by atoms with Gasteiger partial charge >= 0.3 is 5.97 Å². The van der Waals surface area contributed by atoms with Crippen LogP contribution in [-0.4, -0.2) is 25.1 Å². The molecule has 0 spiro atoms. The zero-order valence-electron chi connectivity index (χ0n) is 21.9. The summed E-state index contributed by atoms with van der Waals surface area (Å²) in [6, 6.07) is 25.2. The molecule has 1 aliphatic rings. The average molecular weight is 534 g/mol. The summed E-state index contributed by atoms with van der Waals surface area (Å²) in [7, 11) is -3.76. The van der Waals surface area contributed by atoms with Gasteiger partial charge in [-0.25, -0.2) is 13.2 Å². The zero-order valence-corrected chi connectivity index (χ0v) is 22.7. The molecular formula is C31H35NO5S. The second kappa shape index (κ2) is 11.9. The van der Waals surface area contributed by atoms with Crippen LogP contribution in [-0.2, 0) is 26.0 Å². The van der Waals surface area contributed by atoms with Gasteiger partial charge in [0.25, 0.3) is 10.0 Å². The molecule has 0 bridgehead atoms. The number of rotatable bonds is 11. The van der Waals surface area contributed by atoms with E-state index in [-0.39, 0.29) is 22.6 Å². The second-order valence-corrected chi connectivity index (χ2v) is 11.5. The Morgan fingerprint density at radius 2 is 1.63 bits per heavy atom. The molecule has 1 heterocycles. The van der Waals surface area contributed by atoms with Gasteiger partial charge in [0, 0.05) is 18.0 Å². The van der Waals surface area contributed by atoms with Crippen LogP contribution in [0.1, 0.15) is 63.0 Å². The lowest BCUT2D eigenvalue weighted by molar-refractivity contribution is -0.161. The third kappa shape index (κ3) is 6.27. The highest BCUT2D eigenvalue weighted by Gasteiger charge is 2.43. The van der Waals surface area contributed by atoms with E-state index in [1.165, 1.54) is 12.1 Å². The highest BCUT2D eigenvalue weighted by molar-refractivity contribution is 7.92. The Kier molecular flexibility index (Phi) is 8.57. The summed E-state index contributed by atoms with van der Waals surface area (Å²) in [4.78, 5) is 13.6. The SMILES string of the molecule is CCCC1(CCc2ccccc2)CC(O)=C(C(CC)c2cccc(NS(=O)(=O)c3ccccc3)c2)C(=O)O1. The lowest BCUT2D eigenvalue weighted by Gasteiger charge is -2.38. The van der Waals surface area contributed by atoms with Gasteiger partial charge < -0.3 is 9.84 Å². The minimum absolute atomic E-state index is 0.0601. The first-order valence-corrected chi connectivity index (χ1v) is 14.6. The lowest BCUT2D eigenvalue weighted by Crippen LogP contribution is -2.41. The fourth-order valence-corrected chi connectivity index (χ4v) is 6.34. The van der Waals surface area contributed by atoms with Gasteiger partial charge in [0.1, 0.15) is 11.4 Å². The van der Waals surface area contributed by atoms with E-state index >= 15 is 0 Å². The maximum Gasteiger partial charge on any atom is 0.338 e. The molecule has 2 unspecified atom stereocenters. The van der Waals surface area contributed by atoms with Crippen molar-refractivity contribution in [1.82, 2.24) is 0 Å². The summed E-state index contributed by atoms with van der Waals surface area (Å²) < 4.78 is 34.4. The highest BCUT2D eigenvalue weighted by Crippen LogP contribution is 2.42. The molecule has 4 rings (SSSR count). The van der Waals surface area contributed by atoms with E-state index in [2.05, 4.69) is 16.9 Å². The van der Waals surface area contributed by atoms with Gasteiger partial charge in [-0.1, -0.05) is 80.9 Å². The Morgan fingerprint density at radius 1 is 0.947 bits per heavy atom. The molecule has 2 N–H and O–H groups in total. The van der Waals surface area contributed by atoms with Crippen LogP contribution >= 0.6 is 0 Å². The van der Waals surface area contributed by atoms with Crippen LogP contribution in [0.2, 0.25) is 0 Å². The molecule has 3 aromatic carbocycles. The molecule has 0 aliphatic carbocycles. The van der Waals surface area contributed by atoms with Crippen LogP contribution in [0.15, 0.2) is 101 Å². The van der Waals surface area contributed by atoms with Gasteiger partial charge in [0.2, 0.25) is 0 Å². The van der Waals surface area contributed by atoms with Crippen LogP contribution in [0.25, 0.3) is 0 Å². The summed E-state index contributed by atoms with van der Waals surface area (Å²) in [6.07, 6.45) is 3.67. The number of hydrogen-bond donors (Lipinski definition) is 2. The largest absolute Gasteiger partial charge is 0.512 e. The fraction of sp³-hybridized carbons (Fsp3) is 0.323. The van der Waals surface area contributed by atoms with Crippen LogP contribution in [0.5, 0.6) is 0 Å². The standard InChI is InChI=1S/C31H35NO5S/c1-3-19-31(20-18-23-12-7-5-8-13-23)22-28(33)29(30(34)37-31)27(4-2)24-14-11-15-25(21-24)32-38(35,36)26-16-9-6-10-17-26/h5-17,21,27,32-33H,3-4,18-20,22H2,1-2H3. The molecule has 3 aromatic rings. The number of aliphatic hydroxyl groups excluding tert-OH is 1. The van der Waals surface area contributed by atoms with Gasteiger partial charge in [0.15, 0.2) is 0 Å². The molecule has 0 amide bonds. The first kappa shape index (κ1) is 27.5. The van der Waals surface area contributed by atoms with Crippen molar-refractivity contribution in [2.45, 2.75) is 68.8 Å². The summed E-state index contributed by atoms with van der Waals surface area (Å²) >= 11 is 0. The van der Waals surface area contributed by atoms with E-state index in [0.29, 0.717) is 24.9 Å². The number of esters is 1. The monoisotopic (exact) mass is 533 g/mol. The smallest absolute Gasteiger partial charge is 0.338 e. The van der Waals surface area contributed by atoms with E-state index in [0.717, 1.165) is 24.0 Å². The number of carbonyl (C=O) groups is 1. The van der Waals surface area contributed by atoms with Crippen molar-refractivity contribution >= 4 is 21.7 Å². The highest BCUT2D eigenvalue weighted by atomic mass is 32.2. The predicted molar refractivity (Wildman–Crippen MR) is 149 cm³/mol. The van der Waals surface area contributed by atoms with E-state index in [1.807, 2.05) is 38.1 Å². The van der Waals surface area contributed by atoms with Crippen molar-refractivity contribution in [2.75, 3.05) is 4.72 Å². The number of benzene rings is 3. The van der Waals surface area contributed by atoms with Gasteiger partial charge in [-0.15, -0.1) is 0 Å². The third-order valence-electron chi connectivity index (χ3n) is 7.10. The quantitative estimate of drug-likeness (QED) is 0.261. The summed E-state index contributed by atoms with van der Waals surface area (Å²) in [5.74, 6) is -0.875. The van der Waals surface area contributed by atoms with E-state index < -0.39 is 27.5 Å². The van der Waals surface area contributed by atoms with Crippen LogP contribution in [0, 0.1) is 0 Å². The number of nitrogens with one attached hydrogen (secondary N) is 1. The minimum Gasteiger partial charge on any atom is -0.512 e. The van der Waals surface area contributed by atoms with Gasteiger partial charge in [-0.3, -0.25) is 4.72 Å². The number of carbonyl (C=O) groups excluding carboxylic acids is 1. The Labute approximate surface area is 225 Å². The number of aryl methyl sites for hydroxylation is 1. The molecule has 200 valence electrons. The van der Waals surface area contributed by atoms with Crippen molar-refractivity contribution in [2.24, 2.45) is 0 Å². The summed E-state index contributed by atoms with van der Waals surface area (Å²) in [5.41, 5.74) is 1.78. The topological polar surface area (TPSA) is 92.7 Å². The van der Waals surface area contributed by atoms with Gasteiger partial charge in [-0.05, 0) is 61.1 Å². The molecule has 0 radical (unpaired) electrons. The second-order valence-electron chi connectivity index (χ2n) is 9.85. The van der Waals surface area contributed by atoms with Crippen molar-refractivity contribution in [3.05, 3.63) is 107 Å². The molecule has 0 saturated carbocycles. The van der Waals surface area contributed by atoms with E-state index in [9.17, 15) is 18.3 Å². The Bertz CT molecular complexity index is 1390. The van der Waals surface area contributed by atoms with Crippen molar-refractivity contribution in [3.8, 4) is 0 Å². The molecule has 7 heteroatoms. The lowest BCUT2D eigenvalue weighted by atomic mass is 9.80. The number of anilines is 1. The minimum atomic E-state index is -3.76. The molecule has 6 nitrogen and oxygen atoms in total. The first-order valence-electron chi connectivity index (χ1n) is 13.1. The molecule has 2 atom stereocenters. The molecular weight excluding hydrogens is 498 g/mol. The Morgan fingerprint density at radius 3 is 2.26 bits per heavy atom. The maximum atomic E-state index is 13.4. The average Bonchev–Trinajstić information content (AvgIpc) is 2.91. The van der Waals surface area contributed by atoms with Crippen molar-refractivity contribution in [3.63, 3.8) is 0 Å². The van der Waals surface area contributed by atoms with Gasteiger partial charge in [0.05, 0.1) is 10.5 Å².